The van der Waals surface area contributed by atoms with E-state index in [-0.39, 0.29) is 5.41 Å². The molecule has 0 saturated heterocycles. The second kappa shape index (κ2) is 5.09. The maximum Gasteiger partial charge on any atom is 0.161 e. The van der Waals surface area contributed by atoms with Crippen molar-refractivity contribution in [3.05, 3.63) is 24.3 Å². The Hall–Kier alpha value is -1.69. The highest BCUT2D eigenvalue weighted by atomic mass is 16.5. The van der Waals surface area contributed by atoms with Gasteiger partial charge in [-0.25, -0.2) is 0 Å². The highest BCUT2D eigenvalue weighted by Gasteiger charge is 2.35. The topological polar surface area (TPSA) is 42.2 Å². The molecule has 1 aromatic rings. The summed E-state index contributed by atoms with van der Waals surface area (Å²) >= 11 is 0. The lowest BCUT2D eigenvalue weighted by molar-refractivity contribution is 0.194. The van der Waals surface area contributed by atoms with Crippen LogP contribution < -0.4 is 9.47 Å². The van der Waals surface area contributed by atoms with E-state index in [1.807, 2.05) is 24.3 Å². The van der Waals surface area contributed by atoms with E-state index >= 15 is 0 Å². The van der Waals surface area contributed by atoms with Crippen LogP contribution in [0.4, 0.5) is 0 Å². The monoisotopic (exact) mass is 231 g/mol. The molecular formula is C14H17NO2. The van der Waals surface area contributed by atoms with Crippen LogP contribution in [0.15, 0.2) is 24.3 Å². The van der Waals surface area contributed by atoms with Gasteiger partial charge in [-0.3, -0.25) is 0 Å². The SMILES string of the molecule is COc1ccccc1OCC1(C#N)CCCC1. The minimum Gasteiger partial charge on any atom is -0.493 e. The van der Waals surface area contributed by atoms with E-state index in [9.17, 15) is 5.26 Å². The van der Waals surface area contributed by atoms with Gasteiger partial charge in [0.05, 0.1) is 18.6 Å². The fourth-order valence-electron chi connectivity index (χ4n) is 2.29. The fourth-order valence-corrected chi connectivity index (χ4v) is 2.29. The molecule has 2 rings (SSSR count). The zero-order valence-corrected chi connectivity index (χ0v) is 10.1. The van der Waals surface area contributed by atoms with Crippen molar-refractivity contribution < 1.29 is 9.47 Å². The average Bonchev–Trinajstić information content (AvgIpc) is 2.86. The van der Waals surface area contributed by atoms with Crippen molar-refractivity contribution in [1.82, 2.24) is 0 Å². The van der Waals surface area contributed by atoms with E-state index in [0.29, 0.717) is 6.61 Å². The Morgan fingerprint density at radius 2 is 1.88 bits per heavy atom. The summed E-state index contributed by atoms with van der Waals surface area (Å²) in [5.74, 6) is 1.44. The van der Waals surface area contributed by atoms with Crippen LogP contribution in [0.1, 0.15) is 25.7 Å². The first kappa shape index (κ1) is 11.8. The molecule has 3 heteroatoms. The number of benzene rings is 1. The molecule has 1 aromatic carbocycles. The molecule has 0 aromatic heterocycles. The van der Waals surface area contributed by atoms with E-state index in [4.69, 9.17) is 9.47 Å². The van der Waals surface area contributed by atoms with E-state index in [1.54, 1.807) is 7.11 Å². The molecule has 0 atom stereocenters. The Morgan fingerprint density at radius 3 is 2.47 bits per heavy atom. The Bertz CT molecular complexity index is 416. The molecule has 0 unspecified atom stereocenters. The Morgan fingerprint density at radius 1 is 1.24 bits per heavy atom. The summed E-state index contributed by atoms with van der Waals surface area (Å²) in [6.07, 6.45) is 4.14. The molecule has 0 amide bonds. The largest absolute Gasteiger partial charge is 0.493 e. The van der Waals surface area contributed by atoms with Crippen LogP contribution in [-0.2, 0) is 0 Å². The van der Waals surface area contributed by atoms with Gasteiger partial charge in [-0.15, -0.1) is 0 Å². The first-order chi connectivity index (χ1) is 8.29. The highest BCUT2D eigenvalue weighted by molar-refractivity contribution is 5.39. The van der Waals surface area contributed by atoms with E-state index in [2.05, 4.69) is 6.07 Å². The molecule has 0 aliphatic heterocycles. The van der Waals surface area contributed by atoms with Crippen LogP contribution in [-0.4, -0.2) is 13.7 Å². The second-order valence-corrected chi connectivity index (χ2v) is 4.54. The van der Waals surface area contributed by atoms with Crippen molar-refractivity contribution in [2.24, 2.45) is 5.41 Å². The van der Waals surface area contributed by atoms with Gasteiger partial charge >= 0.3 is 0 Å². The molecule has 1 saturated carbocycles. The molecule has 1 aliphatic carbocycles. The summed E-state index contributed by atoms with van der Waals surface area (Å²) in [5.41, 5.74) is -0.291. The molecule has 1 aliphatic rings. The number of ether oxygens (including phenoxy) is 2. The molecule has 0 bridgehead atoms. The van der Waals surface area contributed by atoms with Gasteiger partial charge in [0.15, 0.2) is 11.5 Å². The molecule has 1 fully saturated rings. The summed E-state index contributed by atoms with van der Waals surface area (Å²) < 4.78 is 11.0. The predicted octanol–water partition coefficient (Wildman–Crippen LogP) is 3.16. The third kappa shape index (κ3) is 2.52. The van der Waals surface area contributed by atoms with Crippen molar-refractivity contribution in [3.8, 4) is 17.6 Å². The Kier molecular flexibility index (Phi) is 3.53. The molecule has 0 N–H and O–H groups in total. The molecule has 0 heterocycles. The predicted molar refractivity (Wildman–Crippen MR) is 65.0 cm³/mol. The lowest BCUT2D eigenvalue weighted by atomic mass is 9.89. The maximum atomic E-state index is 9.26. The average molecular weight is 231 g/mol. The molecule has 17 heavy (non-hydrogen) atoms. The number of nitrogens with zero attached hydrogens (tertiary/aromatic N) is 1. The third-order valence-corrected chi connectivity index (χ3v) is 3.37. The van der Waals surface area contributed by atoms with E-state index in [0.717, 1.165) is 37.2 Å². The third-order valence-electron chi connectivity index (χ3n) is 3.37. The Labute approximate surface area is 102 Å². The van der Waals surface area contributed by atoms with Crippen LogP contribution in [0.5, 0.6) is 11.5 Å². The summed E-state index contributed by atoms with van der Waals surface area (Å²) in [6.45, 7) is 0.462. The minimum atomic E-state index is -0.291. The summed E-state index contributed by atoms with van der Waals surface area (Å²) in [4.78, 5) is 0. The van der Waals surface area contributed by atoms with Gasteiger partial charge in [-0.2, -0.15) is 5.26 Å². The van der Waals surface area contributed by atoms with Gasteiger partial charge in [0.1, 0.15) is 6.61 Å². The summed E-state index contributed by atoms with van der Waals surface area (Å²) in [7, 11) is 1.62. The van der Waals surface area contributed by atoms with Crippen molar-refractivity contribution in [2.75, 3.05) is 13.7 Å². The smallest absolute Gasteiger partial charge is 0.161 e. The highest BCUT2D eigenvalue weighted by Crippen LogP contribution is 2.38. The minimum absolute atomic E-state index is 0.291. The number of nitriles is 1. The van der Waals surface area contributed by atoms with Crippen molar-refractivity contribution in [2.45, 2.75) is 25.7 Å². The zero-order chi connectivity index (χ0) is 12.1. The number of hydrogen-bond donors (Lipinski definition) is 0. The molecule has 0 spiro atoms. The summed E-state index contributed by atoms with van der Waals surface area (Å²) in [5, 5.41) is 9.26. The van der Waals surface area contributed by atoms with Crippen molar-refractivity contribution in [3.63, 3.8) is 0 Å². The standard InChI is InChI=1S/C14H17NO2/c1-16-12-6-2-3-7-13(12)17-11-14(10-15)8-4-5-9-14/h2-3,6-7H,4-5,8-9,11H2,1H3. The van der Waals surface area contributed by atoms with Gasteiger partial charge in [0.2, 0.25) is 0 Å². The zero-order valence-electron chi connectivity index (χ0n) is 10.1. The fraction of sp³-hybridized carbons (Fsp3) is 0.500. The van der Waals surface area contributed by atoms with E-state index in [1.165, 1.54) is 0 Å². The van der Waals surface area contributed by atoms with Gasteiger partial charge in [-0.05, 0) is 25.0 Å². The first-order valence-corrected chi connectivity index (χ1v) is 5.97. The lowest BCUT2D eigenvalue weighted by Crippen LogP contribution is -2.23. The summed E-state index contributed by atoms with van der Waals surface area (Å²) in [6, 6.07) is 9.97. The molecule has 90 valence electrons. The van der Waals surface area contributed by atoms with Crippen molar-refractivity contribution >= 4 is 0 Å². The van der Waals surface area contributed by atoms with Crippen LogP contribution in [0.2, 0.25) is 0 Å². The second-order valence-electron chi connectivity index (χ2n) is 4.54. The van der Waals surface area contributed by atoms with Gasteiger partial charge < -0.3 is 9.47 Å². The van der Waals surface area contributed by atoms with Crippen LogP contribution in [0.25, 0.3) is 0 Å². The molecular weight excluding hydrogens is 214 g/mol. The number of rotatable bonds is 4. The number of methoxy groups -OCH3 is 1. The Balaban J connectivity index is 2.04. The first-order valence-electron chi connectivity index (χ1n) is 5.97. The van der Waals surface area contributed by atoms with Gasteiger partial charge in [0, 0.05) is 0 Å². The van der Waals surface area contributed by atoms with Gasteiger partial charge in [-0.1, -0.05) is 25.0 Å². The quantitative estimate of drug-likeness (QED) is 0.799. The molecule has 3 nitrogen and oxygen atoms in total. The number of para-hydroxylation sites is 2. The van der Waals surface area contributed by atoms with Crippen LogP contribution >= 0.6 is 0 Å². The van der Waals surface area contributed by atoms with Crippen LogP contribution in [0.3, 0.4) is 0 Å². The van der Waals surface area contributed by atoms with Crippen LogP contribution in [0, 0.1) is 16.7 Å². The van der Waals surface area contributed by atoms with Gasteiger partial charge in [0.25, 0.3) is 0 Å². The van der Waals surface area contributed by atoms with E-state index < -0.39 is 0 Å². The molecule has 0 radical (unpaired) electrons. The lowest BCUT2D eigenvalue weighted by Gasteiger charge is -2.21. The maximum absolute atomic E-state index is 9.26. The van der Waals surface area contributed by atoms with Crippen molar-refractivity contribution in [1.29, 1.82) is 5.26 Å². The normalized spacial score (nSPS) is 17.4. The number of hydrogen-bond acceptors (Lipinski definition) is 3.